The monoisotopic (exact) mass is 420 g/mol. The molecule has 4 rings (SSSR count). The Morgan fingerprint density at radius 2 is 1.93 bits per heavy atom. The third-order valence-electron chi connectivity index (χ3n) is 4.11. The van der Waals surface area contributed by atoms with Crippen LogP contribution in [0.5, 0.6) is 0 Å². The van der Waals surface area contributed by atoms with Crippen LogP contribution in [0.25, 0.3) is 16.9 Å². The summed E-state index contributed by atoms with van der Waals surface area (Å²) in [5, 5.41) is 6.01. The van der Waals surface area contributed by atoms with Crippen molar-refractivity contribution < 1.29 is 22.4 Å². The van der Waals surface area contributed by atoms with Crippen LogP contribution in [0.2, 0.25) is 5.02 Å². The molecule has 0 aliphatic heterocycles. The van der Waals surface area contributed by atoms with Crippen LogP contribution in [0.3, 0.4) is 0 Å². The molecular formula is C19H12ClF3N4O2. The van der Waals surface area contributed by atoms with Crippen molar-refractivity contribution in [1.29, 1.82) is 0 Å². The Labute approximate surface area is 166 Å². The number of hydrogen-bond acceptors (Lipinski definition) is 4. The van der Waals surface area contributed by atoms with Gasteiger partial charge in [-0.25, -0.2) is 9.50 Å². The molecule has 0 bridgehead atoms. The maximum atomic E-state index is 13.6. The quantitative estimate of drug-likeness (QED) is 0.524. The topological polar surface area (TPSA) is 72.4 Å². The lowest BCUT2D eigenvalue weighted by atomic mass is 10.1. The standard InChI is InChI=1S/C19H12ClF3N4O2/c20-15-16(18(28)24-10-12-7-4-8-29-12)26-27-14(19(21,22)23)9-13(25-17(15)27)11-5-2-1-3-6-11/h1-9H,10H2,(H,24,28). The number of furan rings is 1. The van der Waals surface area contributed by atoms with Crippen LogP contribution < -0.4 is 5.32 Å². The molecule has 0 fully saturated rings. The molecular weight excluding hydrogens is 409 g/mol. The second-order valence-corrected chi connectivity index (χ2v) is 6.43. The molecule has 1 aromatic carbocycles. The molecule has 0 atom stereocenters. The molecule has 3 aromatic heterocycles. The second-order valence-electron chi connectivity index (χ2n) is 6.05. The van der Waals surface area contributed by atoms with Crippen molar-refractivity contribution in [2.75, 3.05) is 0 Å². The van der Waals surface area contributed by atoms with Gasteiger partial charge in [-0.3, -0.25) is 4.79 Å². The maximum absolute atomic E-state index is 13.6. The van der Waals surface area contributed by atoms with Gasteiger partial charge < -0.3 is 9.73 Å². The van der Waals surface area contributed by atoms with Crippen molar-refractivity contribution in [3.63, 3.8) is 0 Å². The molecule has 6 nitrogen and oxygen atoms in total. The molecule has 10 heteroatoms. The molecule has 4 aromatic rings. The average molecular weight is 421 g/mol. The van der Waals surface area contributed by atoms with Crippen molar-refractivity contribution in [1.82, 2.24) is 19.9 Å². The largest absolute Gasteiger partial charge is 0.467 e. The highest BCUT2D eigenvalue weighted by Gasteiger charge is 2.36. The average Bonchev–Trinajstić information content (AvgIpc) is 3.33. The molecule has 1 amide bonds. The fourth-order valence-corrected chi connectivity index (χ4v) is 3.01. The number of nitrogens with zero attached hydrogens (tertiary/aromatic N) is 3. The van der Waals surface area contributed by atoms with E-state index in [-0.39, 0.29) is 28.6 Å². The lowest BCUT2D eigenvalue weighted by Gasteiger charge is -2.11. The van der Waals surface area contributed by atoms with Crippen molar-refractivity contribution in [3.05, 3.63) is 77.0 Å². The van der Waals surface area contributed by atoms with Crippen molar-refractivity contribution >= 4 is 23.2 Å². The number of carbonyl (C=O) groups excluding carboxylic acids is 1. The molecule has 0 aliphatic rings. The highest BCUT2D eigenvalue weighted by Crippen LogP contribution is 2.34. The van der Waals surface area contributed by atoms with Crippen LogP contribution in [-0.2, 0) is 12.7 Å². The van der Waals surface area contributed by atoms with Crippen molar-refractivity contribution in [2.24, 2.45) is 0 Å². The van der Waals surface area contributed by atoms with Gasteiger partial charge in [0.25, 0.3) is 5.91 Å². The van der Waals surface area contributed by atoms with E-state index in [2.05, 4.69) is 15.4 Å². The molecule has 0 spiro atoms. The number of rotatable bonds is 4. The zero-order valence-corrected chi connectivity index (χ0v) is 15.3. The Morgan fingerprint density at radius 3 is 2.59 bits per heavy atom. The first-order chi connectivity index (χ1) is 13.8. The van der Waals surface area contributed by atoms with E-state index in [1.807, 2.05) is 0 Å². The fourth-order valence-electron chi connectivity index (χ4n) is 2.76. The lowest BCUT2D eigenvalue weighted by Crippen LogP contribution is -2.23. The Bertz CT molecular complexity index is 1170. The van der Waals surface area contributed by atoms with Crippen molar-refractivity contribution in [2.45, 2.75) is 12.7 Å². The SMILES string of the molecule is O=C(NCc1ccco1)c1nn2c(C(F)(F)F)cc(-c3ccccc3)nc2c1Cl. The Hall–Kier alpha value is -3.33. The fraction of sp³-hybridized carbons (Fsp3) is 0.105. The summed E-state index contributed by atoms with van der Waals surface area (Å²) in [6, 6.07) is 12.5. The number of amides is 1. The van der Waals surface area contributed by atoms with Gasteiger partial charge in [-0.15, -0.1) is 0 Å². The molecule has 3 heterocycles. The molecule has 0 aliphatic carbocycles. The highest BCUT2D eigenvalue weighted by molar-refractivity contribution is 6.36. The molecule has 0 saturated carbocycles. The third-order valence-corrected chi connectivity index (χ3v) is 4.46. The normalized spacial score (nSPS) is 11.7. The van der Waals surface area contributed by atoms with E-state index in [0.717, 1.165) is 6.07 Å². The van der Waals surface area contributed by atoms with Crippen LogP contribution in [0.4, 0.5) is 13.2 Å². The summed E-state index contributed by atoms with van der Waals surface area (Å²) in [5.74, 6) is -0.273. The second kappa shape index (κ2) is 7.25. The number of alkyl halides is 3. The van der Waals surface area contributed by atoms with Crippen LogP contribution in [0.1, 0.15) is 21.9 Å². The summed E-state index contributed by atoms with van der Waals surface area (Å²) in [7, 11) is 0. The van der Waals surface area contributed by atoms with Crippen LogP contribution >= 0.6 is 11.6 Å². The minimum Gasteiger partial charge on any atom is -0.467 e. The summed E-state index contributed by atoms with van der Waals surface area (Å²) in [6.45, 7) is 0.0326. The summed E-state index contributed by atoms with van der Waals surface area (Å²) in [4.78, 5) is 16.6. The van der Waals surface area contributed by atoms with Gasteiger partial charge in [-0.2, -0.15) is 18.3 Å². The Balaban J connectivity index is 1.80. The molecule has 0 unspecified atom stereocenters. The lowest BCUT2D eigenvalue weighted by molar-refractivity contribution is -0.142. The minimum atomic E-state index is -4.73. The van der Waals surface area contributed by atoms with E-state index >= 15 is 0 Å². The highest BCUT2D eigenvalue weighted by atomic mass is 35.5. The number of halogens is 4. The number of carbonyl (C=O) groups is 1. The van der Waals surface area contributed by atoms with E-state index < -0.39 is 17.8 Å². The van der Waals surface area contributed by atoms with Gasteiger partial charge in [-0.05, 0) is 18.2 Å². The van der Waals surface area contributed by atoms with Crippen LogP contribution in [0, 0.1) is 0 Å². The van der Waals surface area contributed by atoms with Gasteiger partial charge in [0.1, 0.15) is 10.8 Å². The molecule has 1 N–H and O–H groups in total. The first-order valence-electron chi connectivity index (χ1n) is 8.37. The van der Waals surface area contributed by atoms with Crippen molar-refractivity contribution in [3.8, 4) is 11.3 Å². The number of nitrogens with one attached hydrogen (secondary N) is 1. The number of fused-ring (bicyclic) bond motifs is 1. The van der Waals surface area contributed by atoms with Gasteiger partial charge in [0.05, 0.1) is 18.5 Å². The number of benzene rings is 1. The van der Waals surface area contributed by atoms with E-state index in [9.17, 15) is 18.0 Å². The maximum Gasteiger partial charge on any atom is 0.433 e. The van der Waals surface area contributed by atoms with Gasteiger partial charge in [0.2, 0.25) is 0 Å². The van der Waals surface area contributed by atoms with E-state index in [1.54, 1.807) is 42.5 Å². The van der Waals surface area contributed by atoms with E-state index in [1.165, 1.54) is 6.26 Å². The summed E-state index contributed by atoms with van der Waals surface area (Å²) < 4.78 is 46.6. The van der Waals surface area contributed by atoms with Crippen LogP contribution in [-0.4, -0.2) is 20.5 Å². The van der Waals surface area contributed by atoms with Gasteiger partial charge >= 0.3 is 6.18 Å². The first-order valence-corrected chi connectivity index (χ1v) is 8.75. The van der Waals surface area contributed by atoms with Gasteiger partial charge in [-0.1, -0.05) is 41.9 Å². The summed E-state index contributed by atoms with van der Waals surface area (Å²) >= 11 is 6.20. The summed E-state index contributed by atoms with van der Waals surface area (Å²) in [5.41, 5.74) is -1.17. The van der Waals surface area contributed by atoms with Crippen LogP contribution in [0.15, 0.2) is 59.2 Å². The van der Waals surface area contributed by atoms with Gasteiger partial charge in [0, 0.05) is 5.56 Å². The third kappa shape index (κ3) is 3.68. The predicted octanol–water partition coefficient (Wildman–Crippen LogP) is 4.59. The minimum absolute atomic E-state index is 0.0326. The smallest absolute Gasteiger partial charge is 0.433 e. The summed E-state index contributed by atoms with van der Waals surface area (Å²) in [6.07, 6.45) is -3.30. The Kier molecular flexibility index (Phi) is 4.75. The van der Waals surface area contributed by atoms with E-state index in [4.69, 9.17) is 16.0 Å². The zero-order valence-electron chi connectivity index (χ0n) is 14.6. The number of hydrogen-bond donors (Lipinski definition) is 1. The zero-order chi connectivity index (χ0) is 20.6. The molecule has 29 heavy (non-hydrogen) atoms. The Morgan fingerprint density at radius 1 is 1.17 bits per heavy atom. The predicted molar refractivity (Wildman–Crippen MR) is 98.3 cm³/mol. The molecule has 148 valence electrons. The number of aromatic nitrogens is 3. The van der Waals surface area contributed by atoms with Gasteiger partial charge in [0.15, 0.2) is 17.0 Å². The first kappa shape index (κ1) is 19.0. The molecule has 0 radical (unpaired) electrons. The van der Waals surface area contributed by atoms with E-state index in [0.29, 0.717) is 15.8 Å². The molecule has 0 saturated heterocycles.